The average molecular weight is 235 g/mol. The van der Waals surface area contributed by atoms with Crippen molar-refractivity contribution in [3.05, 3.63) is 0 Å². The van der Waals surface area contributed by atoms with Crippen molar-refractivity contribution in [3.8, 4) is 6.07 Å². The fraction of sp³-hybridized carbons (Fsp3) is 0.929. The van der Waals surface area contributed by atoms with Gasteiger partial charge in [-0.3, -0.25) is 5.84 Å². The Hall–Kier alpha value is -0.590. The quantitative estimate of drug-likeness (QED) is 0.584. The summed E-state index contributed by atoms with van der Waals surface area (Å²) < 4.78 is 0. The lowest BCUT2D eigenvalue weighted by molar-refractivity contribution is 0.116. The summed E-state index contributed by atoms with van der Waals surface area (Å²) in [4.78, 5) is 0. The SMILES string of the molecule is N#CC(NN)(C1CCCCC1)C1CCCCC1. The van der Waals surface area contributed by atoms with E-state index in [-0.39, 0.29) is 0 Å². The van der Waals surface area contributed by atoms with Crippen LogP contribution in [0.15, 0.2) is 0 Å². The molecule has 0 unspecified atom stereocenters. The van der Waals surface area contributed by atoms with E-state index in [0.717, 1.165) is 0 Å². The fourth-order valence-electron chi connectivity index (χ4n) is 3.90. The Morgan fingerprint density at radius 3 is 1.59 bits per heavy atom. The van der Waals surface area contributed by atoms with Crippen LogP contribution in [0.2, 0.25) is 0 Å². The molecule has 0 bridgehead atoms. The summed E-state index contributed by atoms with van der Waals surface area (Å²) >= 11 is 0. The number of nitriles is 1. The first kappa shape index (κ1) is 12.9. The molecule has 96 valence electrons. The van der Waals surface area contributed by atoms with Crippen molar-refractivity contribution in [2.24, 2.45) is 17.7 Å². The smallest absolute Gasteiger partial charge is 0.124 e. The lowest BCUT2D eigenvalue weighted by Crippen LogP contribution is -2.59. The molecule has 0 saturated heterocycles. The van der Waals surface area contributed by atoms with Gasteiger partial charge in [0.2, 0.25) is 0 Å². The largest absolute Gasteiger partial charge is 0.270 e. The minimum absolute atomic E-state index is 0.444. The number of hydrazine groups is 1. The summed E-state index contributed by atoms with van der Waals surface area (Å²) in [5.41, 5.74) is 2.50. The van der Waals surface area contributed by atoms with E-state index in [1.807, 2.05) is 0 Å². The average Bonchev–Trinajstić information content (AvgIpc) is 2.43. The molecule has 3 nitrogen and oxygen atoms in total. The zero-order chi connectivity index (χ0) is 12.1. The monoisotopic (exact) mass is 235 g/mol. The van der Waals surface area contributed by atoms with Gasteiger partial charge in [-0.2, -0.15) is 5.26 Å². The van der Waals surface area contributed by atoms with Gasteiger partial charge in [-0.1, -0.05) is 38.5 Å². The first-order valence-electron chi connectivity index (χ1n) is 7.22. The highest BCUT2D eigenvalue weighted by molar-refractivity contribution is 5.14. The van der Waals surface area contributed by atoms with Gasteiger partial charge in [0.1, 0.15) is 5.54 Å². The molecule has 0 amide bonds. The first-order chi connectivity index (χ1) is 8.33. The third-order valence-corrected chi connectivity index (χ3v) is 4.92. The van der Waals surface area contributed by atoms with Gasteiger partial charge >= 0.3 is 0 Å². The van der Waals surface area contributed by atoms with Crippen molar-refractivity contribution in [1.29, 1.82) is 5.26 Å². The van der Waals surface area contributed by atoms with Gasteiger partial charge in [0.15, 0.2) is 0 Å². The maximum Gasteiger partial charge on any atom is 0.124 e. The molecular weight excluding hydrogens is 210 g/mol. The van der Waals surface area contributed by atoms with Crippen LogP contribution in [0.4, 0.5) is 0 Å². The summed E-state index contributed by atoms with van der Waals surface area (Å²) in [6.45, 7) is 0. The van der Waals surface area contributed by atoms with Gasteiger partial charge in [-0.25, -0.2) is 5.43 Å². The van der Waals surface area contributed by atoms with Gasteiger partial charge in [-0.15, -0.1) is 0 Å². The van der Waals surface area contributed by atoms with Gasteiger partial charge < -0.3 is 0 Å². The highest BCUT2D eigenvalue weighted by Gasteiger charge is 2.45. The van der Waals surface area contributed by atoms with E-state index in [2.05, 4.69) is 11.5 Å². The van der Waals surface area contributed by atoms with E-state index < -0.39 is 5.54 Å². The van der Waals surface area contributed by atoms with Crippen LogP contribution in [-0.2, 0) is 0 Å². The van der Waals surface area contributed by atoms with Crippen molar-refractivity contribution >= 4 is 0 Å². The molecule has 2 saturated carbocycles. The second-order valence-corrected chi connectivity index (χ2v) is 5.80. The normalized spacial score (nSPS) is 24.5. The molecule has 2 aliphatic rings. The van der Waals surface area contributed by atoms with Crippen molar-refractivity contribution in [2.45, 2.75) is 69.7 Å². The number of nitrogens with zero attached hydrogens (tertiary/aromatic N) is 1. The van der Waals surface area contributed by atoms with Crippen molar-refractivity contribution < 1.29 is 0 Å². The van der Waals surface area contributed by atoms with E-state index in [1.165, 1.54) is 64.2 Å². The Kier molecular flexibility index (Phi) is 4.42. The Morgan fingerprint density at radius 2 is 1.29 bits per heavy atom. The van der Waals surface area contributed by atoms with E-state index in [1.54, 1.807) is 0 Å². The van der Waals surface area contributed by atoms with Crippen LogP contribution in [0.25, 0.3) is 0 Å². The Labute approximate surface area is 105 Å². The molecule has 0 aromatic heterocycles. The topological polar surface area (TPSA) is 61.8 Å². The molecule has 0 radical (unpaired) electrons. The summed E-state index contributed by atoms with van der Waals surface area (Å²) in [7, 11) is 0. The van der Waals surface area contributed by atoms with Crippen LogP contribution in [-0.4, -0.2) is 5.54 Å². The molecule has 0 atom stereocenters. The number of hydrogen-bond acceptors (Lipinski definition) is 3. The van der Waals surface area contributed by atoms with Gasteiger partial charge in [-0.05, 0) is 37.5 Å². The Morgan fingerprint density at radius 1 is 0.882 bits per heavy atom. The fourth-order valence-corrected chi connectivity index (χ4v) is 3.90. The Balaban J connectivity index is 2.14. The second kappa shape index (κ2) is 5.84. The maximum absolute atomic E-state index is 9.69. The van der Waals surface area contributed by atoms with E-state index in [4.69, 9.17) is 5.84 Å². The van der Waals surface area contributed by atoms with Crippen LogP contribution in [0, 0.1) is 23.2 Å². The van der Waals surface area contributed by atoms with E-state index >= 15 is 0 Å². The van der Waals surface area contributed by atoms with Crippen LogP contribution in [0.5, 0.6) is 0 Å². The van der Waals surface area contributed by atoms with Gasteiger partial charge in [0.05, 0.1) is 6.07 Å². The summed E-state index contributed by atoms with van der Waals surface area (Å²) in [5.74, 6) is 6.74. The molecular formula is C14H25N3. The number of nitrogens with one attached hydrogen (secondary N) is 1. The molecule has 0 aromatic rings. The molecule has 0 aliphatic heterocycles. The number of rotatable bonds is 3. The van der Waals surface area contributed by atoms with Crippen LogP contribution < -0.4 is 11.3 Å². The van der Waals surface area contributed by atoms with Crippen LogP contribution >= 0.6 is 0 Å². The van der Waals surface area contributed by atoms with Crippen molar-refractivity contribution in [3.63, 3.8) is 0 Å². The summed E-state index contributed by atoms with van der Waals surface area (Å²) in [5, 5.41) is 9.69. The van der Waals surface area contributed by atoms with E-state index in [0.29, 0.717) is 11.8 Å². The third kappa shape index (κ3) is 2.48. The minimum atomic E-state index is -0.444. The van der Waals surface area contributed by atoms with Gasteiger partial charge in [0, 0.05) is 0 Å². The number of hydrogen-bond donors (Lipinski definition) is 2. The Bertz CT molecular complexity index is 252. The zero-order valence-electron chi connectivity index (χ0n) is 10.8. The third-order valence-electron chi connectivity index (χ3n) is 4.92. The van der Waals surface area contributed by atoms with Gasteiger partial charge in [0.25, 0.3) is 0 Å². The molecule has 3 N–H and O–H groups in total. The second-order valence-electron chi connectivity index (χ2n) is 5.80. The summed E-state index contributed by atoms with van der Waals surface area (Å²) in [6, 6.07) is 2.57. The predicted molar refractivity (Wildman–Crippen MR) is 68.8 cm³/mol. The molecule has 3 heteroatoms. The first-order valence-corrected chi connectivity index (χ1v) is 7.22. The summed E-state index contributed by atoms with van der Waals surface area (Å²) in [6.07, 6.45) is 12.4. The van der Waals surface area contributed by atoms with Crippen LogP contribution in [0.3, 0.4) is 0 Å². The molecule has 0 spiro atoms. The lowest BCUT2D eigenvalue weighted by Gasteiger charge is -2.44. The van der Waals surface area contributed by atoms with Crippen LogP contribution in [0.1, 0.15) is 64.2 Å². The minimum Gasteiger partial charge on any atom is -0.270 e. The van der Waals surface area contributed by atoms with E-state index in [9.17, 15) is 5.26 Å². The zero-order valence-corrected chi connectivity index (χ0v) is 10.8. The molecule has 2 aliphatic carbocycles. The highest BCUT2D eigenvalue weighted by Crippen LogP contribution is 2.42. The van der Waals surface area contributed by atoms with Crippen molar-refractivity contribution in [1.82, 2.24) is 5.43 Å². The standard InChI is InChI=1S/C14H25N3/c15-11-14(17-16,12-7-3-1-4-8-12)13-9-5-2-6-10-13/h12-13,17H,1-10,16H2. The number of nitrogens with two attached hydrogens (primary N) is 1. The molecule has 17 heavy (non-hydrogen) atoms. The molecule has 2 fully saturated rings. The predicted octanol–water partition coefficient (Wildman–Crippen LogP) is 2.87. The molecule has 0 heterocycles. The highest BCUT2D eigenvalue weighted by atomic mass is 15.3. The molecule has 0 aromatic carbocycles. The molecule has 2 rings (SSSR count). The van der Waals surface area contributed by atoms with Crippen molar-refractivity contribution in [2.75, 3.05) is 0 Å². The maximum atomic E-state index is 9.69. The lowest BCUT2D eigenvalue weighted by atomic mass is 9.65.